The number of hydrogen-bond donors (Lipinski definition) is 0. The van der Waals surface area contributed by atoms with Crippen LogP contribution in [0.15, 0.2) is 36.4 Å². The van der Waals surface area contributed by atoms with Gasteiger partial charge < -0.3 is 9.47 Å². The lowest BCUT2D eigenvalue weighted by Gasteiger charge is -2.14. The molecule has 0 saturated heterocycles. The zero-order chi connectivity index (χ0) is 13.1. The third-order valence-corrected chi connectivity index (χ3v) is 3.23. The van der Waals surface area contributed by atoms with Gasteiger partial charge in [0, 0.05) is 11.1 Å². The molecule has 0 fully saturated rings. The van der Waals surface area contributed by atoms with Gasteiger partial charge in [0.15, 0.2) is 0 Å². The maximum absolute atomic E-state index is 6.12. The normalized spacial score (nSPS) is 10.2. The molecule has 0 aromatic heterocycles. The van der Waals surface area contributed by atoms with E-state index in [1.54, 1.807) is 26.4 Å². The molecular formula is C14H12Cl2O2. The minimum absolute atomic E-state index is 0.553. The summed E-state index contributed by atoms with van der Waals surface area (Å²) in [7, 11) is 3.17. The molecule has 2 aromatic rings. The number of rotatable bonds is 3. The average molecular weight is 283 g/mol. The van der Waals surface area contributed by atoms with Crippen LogP contribution in [0.4, 0.5) is 0 Å². The fourth-order valence-corrected chi connectivity index (χ4v) is 2.36. The molecule has 0 atom stereocenters. The molecule has 0 unspecified atom stereocenters. The van der Waals surface area contributed by atoms with Crippen LogP contribution in [-0.2, 0) is 0 Å². The van der Waals surface area contributed by atoms with Crippen molar-refractivity contribution in [2.45, 2.75) is 0 Å². The maximum atomic E-state index is 6.12. The second-order valence-corrected chi connectivity index (χ2v) is 4.46. The Morgan fingerprint density at radius 3 is 1.44 bits per heavy atom. The molecule has 0 saturated carbocycles. The molecule has 0 aliphatic carbocycles. The number of benzene rings is 2. The summed E-state index contributed by atoms with van der Waals surface area (Å²) < 4.78 is 10.7. The van der Waals surface area contributed by atoms with Crippen LogP contribution >= 0.6 is 23.2 Å². The van der Waals surface area contributed by atoms with E-state index in [0.717, 1.165) is 11.1 Å². The van der Waals surface area contributed by atoms with Crippen LogP contribution in [0, 0.1) is 0 Å². The number of hydrogen-bond acceptors (Lipinski definition) is 2. The Morgan fingerprint density at radius 1 is 0.722 bits per heavy atom. The standard InChI is InChI=1S/C14H12Cl2O2/c1-17-13-9(5-3-7-11(13)15)10-6-4-8-12(16)14(10)18-2/h3-8H,1-2H3. The SMILES string of the molecule is COc1c(Cl)cccc1-c1cccc(Cl)c1OC. The Hall–Kier alpha value is -1.38. The second kappa shape index (κ2) is 5.51. The molecule has 0 aliphatic rings. The minimum Gasteiger partial charge on any atom is -0.495 e. The van der Waals surface area contributed by atoms with Gasteiger partial charge in [0.05, 0.1) is 24.3 Å². The summed E-state index contributed by atoms with van der Waals surface area (Å²) in [5, 5.41) is 1.11. The Bertz CT molecular complexity index is 516. The number of ether oxygens (including phenoxy) is 2. The Balaban J connectivity index is 2.69. The van der Waals surface area contributed by atoms with Crippen LogP contribution in [-0.4, -0.2) is 14.2 Å². The van der Waals surface area contributed by atoms with Crippen LogP contribution in [0.2, 0.25) is 10.0 Å². The fraction of sp³-hybridized carbons (Fsp3) is 0.143. The average Bonchev–Trinajstić information content (AvgIpc) is 2.38. The van der Waals surface area contributed by atoms with Crippen molar-refractivity contribution in [3.8, 4) is 22.6 Å². The number of halogens is 2. The lowest BCUT2D eigenvalue weighted by atomic mass is 10.0. The van der Waals surface area contributed by atoms with Crippen molar-refractivity contribution in [3.63, 3.8) is 0 Å². The lowest BCUT2D eigenvalue weighted by Crippen LogP contribution is -1.93. The van der Waals surface area contributed by atoms with Gasteiger partial charge in [0.25, 0.3) is 0 Å². The second-order valence-electron chi connectivity index (χ2n) is 3.64. The van der Waals surface area contributed by atoms with E-state index in [-0.39, 0.29) is 0 Å². The molecule has 0 heterocycles. The summed E-state index contributed by atoms with van der Waals surface area (Å²) in [4.78, 5) is 0. The Labute approximate surface area is 116 Å². The van der Waals surface area contributed by atoms with Crippen molar-refractivity contribution in [1.82, 2.24) is 0 Å². The van der Waals surface area contributed by atoms with Gasteiger partial charge >= 0.3 is 0 Å². The van der Waals surface area contributed by atoms with Crippen molar-refractivity contribution >= 4 is 23.2 Å². The first kappa shape index (κ1) is 13.1. The van der Waals surface area contributed by atoms with E-state index < -0.39 is 0 Å². The van der Waals surface area contributed by atoms with Gasteiger partial charge in [0.1, 0.15) is 11.5 Å². The fourth-order valence-electron chi connectivity index (χ4n) is 1.86. The molecule has 2 nitrogen and oxygen atoms in total. The van der Waals surface area contributed by atoms with Crippen LogP contribution in [0.5, 0.6) is 11.5 Å². The van der Waals surface area contributed by atoms with Crippen LogP contribution < -0.4 is 9.47 Å². The highest BCUT2D eigenvalue weighted by molar-refractivity contribution is 6.33. The summed E-state index contributed by atoms with van der Waals surface area (Å²) >= 11 is 12.2. The molecule has 0 aliphatic heterocycles. The summed E-state index contributed by atoms with van der Waals surface area (Å²) in [6, 6.07) is 11.1. The van der Waals surface area contributed by atoms with E-state index in [4.69, 9.17) is 32.7 Å². The number of methoxy groups -OCH3 is 2. The first-order chi connectivity index (χ1) is 8.69. The predicted octanol–water partition coefficient (Wildman–Crippen LogP) is 4.68. The van der Waals surface area contributed by atoms with Crippen molar-refractivity contribution < 1.29 is 9.47 Å². The third-order valence-electron chi connectivity index (χ3n) is 2.63. The van der Waals surface area contributed by atoms with Gasteiger partial charge in [-0.3, -0.25) is 0 Å². The summed E-state index contributed by atoms with van der Waals surface area (Å²) in [6.07, 6.45) is 0. The highest BCUT2D eigenvalue weighted by Crippen LogP contribution is 2.42. The highest BCUT2D eigenvalue weighted by atomic mass is 35.5. The smallest absolute Gasteiger partial charge is 0.145 e. The van der Waals surface area contributed by atoms with Crippen molar-refractivity contribution in [1.29, 1.82) is 0 Å². The molecule has 0 bridgehead atoms. The molecule has 94 valence electrons. The van der Waals surface area contributed by atoms with E-state index in [1.807, 2.05) is 24.3 Å². The zero-order valence-electron chi connectivity index (χ0n) is 10.0. The molecule has 0 spiro atoms. The first-order valence-corrected chi connectivity index (χ1v) is 6.10. The van der Waals surface area contributed by atoms with Crippen LogP contribution in [0.25, 0.3) is 11.1 Å². The maximum Gasteiger partial charge on any atom is 0.145 e. The Kier molecular flexibility index (Phi) is 4.00. The summed E-state index contributed by atoms with van der Waals surface area (Å²) in [6.45, 7) is 0. The van der Waals surface area contributed by atoms with Gasteiger partial charge in [-0.25, -0.2) is 0 Å². The molecule has 2 rings (SSSR count). The highest BCUT2D eigenvalue weighted by Gasteiger charge is 2.15. The molecule has 0 amide bonds. The molecular weight excluding hydrogens is 271 g/mol. The lowest BCUT2D eigenvalue weighted by molar-refractivity contribution is 0.410. The molecule has 18 heavy (non-hydrogen) atoms. The molecule has 4 heteroatoms. The summed E-state index contributed by atoms with van der Waals surface area (Å²) in [5.74, 6) is 1.22. The zero-order valence-corrected chi connectivity index (χ0v) is 11.5. The van der Waals surface area contributed by atoms with E-state index >= 15 is 0 Å². The topological polar surface area (TPSA) is 18.5 Å². The van der Waals surface area contributed by atoms with Crippen LogP contribution in [0.1, 0.15) is 0 Å². The monoisotopic (exact) mass is 282 g/mol. The molecule has 0 radical (unpaired) electrons. The largest absolute Gasteiger partial charge is 0.495 e. The van der Waals surface area contributed by atoms with Gasteiger partial charge in [-0.1, -0.05) is 47.5 Å². The van der Waals surface area contributed by atoms with Crippen molar-refractivity contribution in [2.75, 3.05) is 14.2 Å². The first-order valence-electron chi connectivity index (χ1n) is 5.34. The third kappa shape index (κ3) is 2.26. The van der Waals surface area contributed by atoms with Gasteiger partial charge in [-0.05, 0) is 12.1 Å². The van der Waals surface area contributed by atoms with E-state index in [2.05, 4.69) is 0 Å². The quantitative estimate of drug-likeness (QED) is 0.814. The Morgan fingerprint density at radius 2 is 1.11 bits per heavy atom. The van der Waals surface area contributed by atoms with E-state index in [0.29, 0.717) is 21.5 Å². The predicted molar refractivity (Wildman–Crippen MR) is 75.0 cm³/mol. The van der Waals surface area contributed by atoms with E-state index in [1.165, 1.54) is 0 Å². The van der Waals surface area contributed by atoms with Crippen molar-refractivity contribution in [2.24, 2.45) is 0 Å². The van der Waals surface area contributed by atoms with Gasteiger partial charge in [-0.2, -0.15) is 0 Å². The molecule has 0 N–H and O–H groups in total. The van der Waals surface area contributed by atoms with Crippen LogP contribution in [0.3, 0.4) is 0 Å². The van der Waals surface area contributed by atoms with Crippen molar-refractivity contribution in [3.05, 3.63) is 46.4 Å². The summed E-state index contributed by atoms with van der Waals surface area (Å²) in [5.41, 5.74) is 1.70. The van der Waals surface area contributed by atoms with Gasteiger partial charge in [-0.15, -0.1) is 0 Å². The number of para-hydroxylation sites is 2. The van der Waals surface area contributed by atoms with Gasteiger partial charge in [0.2, 0.25) is 0 Å². The van der Waals surface area contributed by atoms with E-state index in [9.17, 15) is 0 Å². The molecule has 2 aromatic carbocycles. The minimum atomic E-state index is 0.553.